The Morgan fingerprint density at radius 2 is 1.83 bits per heavy atom. The van der Waals surface area contributed by atoms with Gasteiger partial charge >= 0.3 is 0 Å². The molecule has 4 rings (SSSR count). The van der Waals surface area contributed by atoms with Gasteiger partial charge in [0.25, 0.3) is 11.5 Å². The molecule has 1 N–H and O–H groups in total. The maximum atomic E-state index is 13.1. The molecule has 0 saturated heterocycles. The zero-order valence-corrected chi connectivity index (χ0v) is 17.4. The van der Waals surface area contributed by atoms with Crippen LogP contribution in [0.4, 0.5) is 0 Å². The van der Waals surface area contributed by atoms with Crippen molar-refractivity contribution in [1.29, 1.82) is 0 Å². The van der Waals surface area contributed by atoms with E-state index in [2.05, 4.69) is 16.0 Å². The number of rotatable bonds is 6. The first-order chi connectivity index (χ1) is 14.5. The fourth-order valence-corrected chi connectivity index (χ4v) is 3.98. The minimum absolute atomic E-state index is 0.0674. The first-order valence-corrected chi connectivity index (χ1v) is 10.1. The van der Waals surface area contributed by atoms with Gasteiger partial charge in [-0.2, -0.15) is 0 Å². The largest absolute Gasteiger partial charge is 0.493 e. The smallest absolute Gasteiger partial charge is 0.258 e. The summed E-state index contributed by atoms with van der Waals surface area (Å²) in [6.45, 7) is 2.63. The highest BCUT2D eigenvalue weighted by atomic mass is 16.5. The van der Waals surface area contributed by atoms with Crippen LogP contribution in [0.5, 0.6) is 11.5 Å². The van der Waals surface area contributed by atoms with Crippen molar-refractivity contribution >= 4 is 16.8 Å². The van der Waals surface area contributed by atoms with Gasteiger partial charge in [0, 0.05) is 18.2 Å². The van der Waals surface area contributed by atoms with Crippen molar-refractivity contribution < 1.29 is 14.3 Å². The van der Waals surface area contributed by atoms with Crippen LogP contribution in [-0.4, -0.2) is 41.5 Å². The number of carbonyl (C=O) groups excluding carboxylic acids is 1. The van der Waals surface area contributed by atoms with E-state index in [1.54, 1.807) is 17.0 Å². The Morgan fingerprint density at radius 3 is 2.57 bits per heavy atom. The molecule has 0 radical (unpaired) electrons. The third-order valence-corrected chi connectivity index (χ3v) is 5.61. The van der Waals surface area contributed by atoms with Gasteiger partial charge < -0.3 is 19.4 Å². The molecule has 0 fully saturated rings. The van der Waals surface area contributed by atoms with E-state index < -0.39 is 0 Å². The number of aromatic amines is 1. The van der Waals surface area contributed by atoms with Crippen LogP contribution in [0.2, 0.25) is 0 Å². The highest BCUT2D eigenvalue weighted by Gasteiger charge is 2.19. The number of hydrogen-bond acceptors (Lipinski definition) is 5. The number of nitrogens with one attached hydrogen (secondary N) is 1. The third kappa shape index (κ3) is 3.63. The lowest BCUT2D eigenvalue weighted by molar-refractivity contribution is 0.0748. The Balaban J connectivity index is 1.64. The number of ether oxygens (including phenoxy) is 2. The third-order valence-electron chi connectivity index (χ3n) is 5.61. The van der Waals surface area contributed by atoms with E-state index in [1.807, 2.05) is 19.1 Å². The Bertz CT molecular complexity index is 1170. The summed E-state index contributed by atoms with van der Waals surface area (Å²) in [5, 5.41) is 0.407. The van der Waals surface area contributed by atoms with Crippen LogP contribution >= 0.6 is 0 Å². The normalized spacial score (nSPS) is 12.6. The maximum Gasteiger partial charge on any atom is 0.258 e. The number of fused-ring (bicyclic) bond motifs is 2. The van der Waals surface area contributed by atoms with E-state index in [9.17, 15) is 9.59 Å². The molecule has 0 atom stereocenters. The molecule has 0 spiro atoms. The number of hydrogen-bond donors (Lipinski definition) is 1. The van der Waals surface area contributed by atoms with Crippen LogP contribution in [0.25, 0.3) is 10.9 Å². The summed E-state index contributed by atoms with van der Waals surface area (Å²) >= 11 is 0. The van der Waals surface area contributed by atoms with Gasteiger partial charge in [-0.15, -0.1) is 0 Å². The molecule has 0 aliphatic heterocycles. The van der Waals surface area contributed by atoms with E-state index >= 15 is 0 Å². The van der Waals surface area contributed by atoms with Crippen LogP contribution in [0.15, 0.2) is 35.1 Å². The van der Waals surface area contributed by atoms with Crippen molar-refractivity contribution in [3.05, 3.63) is 63.2 Å². The molecule has 1 heterocycles. The van der Waals surface area contributed by atoms with Crippen LogP contribution in [0, 0.1) is 0 Å². The summed E-state index contributed by atoms with van der Waals surface area (Å²) in [4.78, 5) is 34.7. The monoisotopic (exact) mass is 407 g/mol. The molecular formula is C23H25N3O4. The molecule has 1 amide bonds. The van der Waals surface area contributed by atoms with Crippen LogP contribution in [0.1, 0.15) is 40.7 Å². The Labute approximate surface area is 174 Å². The van der Waals surface area contributed by atoms with Crippen molar-refractivity contribution in [1.82, 2.24) is 14.9 Å². The summed E-state index contributed by atoms with van der Waals surface area (Å²) in [7, 11) is 3.05. The van der Waals surface area contributed by atoms with Crippen molar-refractivity contribution in [2.24, 2.45) is 0 Å². The first kappa shape index (κ1) is 19.9. The first-order valence-electron chi connectivity index (χ1n) is 10.1. The summed E-state index contributed by atoms with van der Waals surface area (Å²) in [5.41, 5.74) is 3.48. The molecule has 0 saturated carbocycles. The van der Waals surface area contributed by atoms with Crippen molar-refractivity contribution in [3.63, 3.8) is 0 Å². The van der Waals surface area contributed by atoms with Gasteiger partial charge in [0.2, 0.25) is 0 Å². The predicted molar refractivity (Wildman–Crippen MR) is 114 cm³/mol. The number of nitrogens with zero attached hydrogens (tertiary/aromatic N) is 2. The fraction of sp³-hybridized carbons (Fsp3) is 0.348. The molecule has 2 aromatic carbocycles. The summed E-state index contributed by atoms with van der Waals surface area (Å²) in [5.74, 6) is 1.32. The second-order valence-electron chi connectivity index (χ2n) is 7.39. The highest BCUT2D eigenvalue weighted by Crippen LogP contribution is 2.30. The van der Waals surface area contributed by atoms with Gasteiger partial charge in [-0.1, -0.05) is 6.07 Å². The second-order valence-corrected chi connectivity index (χ2v) is 7.39. The number of methoxy groups -OCH3 is 2. The van der Waals surface area contributed by atoms with E-state index in [4.69, 9.17) is 9.47 Å². The summed E-state index contributed by atoms with van der Waals surface area (Å²) in [6, 6.07) is 9.23. The number of benzene rings is 2. The van der Waals surface area contributed by atoms with Gasteiger partial charge in [0.1, 0.15) is 5.82 Å². The molecule has 7 nitrogen and oxygen atoms in total. The van der Waals surface area contributed by atoms with Gasteiger partial charge in [-0.3, -0.25) is 9.59 Å². The Morgan fingerprint density at radius 1 is 1.10 bits per heavy atom. The van der Waals surface area contributed by atoms with Gasteiger partial charge in [-0.05, 0) is 55.5 Å². The molecule has 1 aliphatic carbocycles. The lowest BCUT2D eigenvalue weighted by Gasteiger charge is -2.21. The number of H-pyrrole nitrogens is 1. The minimum atomic E-state index is -0.281. The standard InChI is InChI=1S/C23H25N3O4/c1-4-26(23(28)16-9-8-14-6-5-7-15(14)10-16)13-21-24-18-12-20(30-3)19(29-2)11-17(18)22(27)25-21/h8-12H,4-7,13H2,1-3H3,(H,24,25,27). The predicted octanol–water partition coefficient (Wildman–Crippen LogP) is 3.09. The van der Waals surface area contributed by atoms with Gasteiger partial charge in [-0.25, -0.2) is 4.98 Å². The maximum absolute atomic E-state index is 13.1. The van der Waals surface area contributed by atoms with Crippen molar-refractivity contribution in [3.8, 4) is 11.5 Å². The number of aryl methyl sites for hydroxylation is 2. The van der Waals surface area contributed by atoms with Crippen LogP contribution in [-0.2, 0) is 19.4 Å². The quantitative estimate of drug-likeness (QED) is 0.679. The molecule has 156 valence electrons. The zero-order chi connectivity index (χ0) is 21.3. The summed E-state index contributed by atoms with van der Waals surface area (Å²) < 4.78 is 10.6. The summed E-state index contributed by atoms with van der Waals surface area (Å²) in [6.07, 6.45) is 3.24. The van der Waals surface area contributed by atoms with E-state index in [1.165, 1.54) is 25.3 Å². The Hall–Kier alpha value is -3.35. The van der Waals surface area contributed by atoms with E-state index in [-0.39, 0.29) is 18.0 Å². The lowest BCUT2D eigenvalue weighted by atomic mass is 10.1. The van der Waals surface area contributed by atoms with Crippen molar-refractivity contribution in [2.75, 3.05) is 20.8 Å². The topological polar surface area (TPSA) is 84.5 Å². The average Bonchev–Trinajstić information content (AvgIpc) is 3.24. The van der Waals surface area contributed by atoms with Crippen LogP contribution < -0.4 is 15.0 Å². The molecule has 3 aromatic rings. The van der Waals surface area contributed by atoms with Gasteiger partial charge in [0.05, 0.1) is 31.7 Å². The molecule has 7 heteroatoms. The van der Waals surface area contributed by atoms with E-state index in [0.29, 0.717) is 40.3 Å². The van der Waals surface area contributed by atoms with Gasteiger partial charge in [0.15, 0.2) is 11.5 Å². The highest BCUT2D eigenvalue weighted by molar-refractivity contribution is 5.94. The minimum Gasteiger partial charge on any atom is -0.493 e. The SMILES string of the molecule is CCN(Cc1nc2cc(OC)c(OC)cc2c(=O)[nH]1)C(=O)c1ccc2c(c1)CCC2. The lowest BCUT2D eigenvalue weighted by Crippen LogP contribution is -2.32. The Kier molecular flexibility index (Phi) is 5.44. The second kappa shape index (κ2) is 8.18. The fourth-order valence-electron chi connectivity index (χ4n) is 3.98. The zero-order valence-electron chi connectivity index (χ0n) is 17.4. The number of amides is 1. The van der Waals surface area contributed by atoms with Crippen molar-refractivity contribution in [2.45, 2.75) is 32.7 Å². The molecule has 0 bridgehead atoms. The number of aromatic nitrogens is 2. The van der Waals surface area contributed by atoms with E-state index in [0.717, 1.165) is 19.3 Å². The molecule has 1 aliphatic rings. The molecular weight excluding hydrogens is 382 g/mol. The molecule has 1 aromatic heterocycles. The average molecular weight is 407 g/mol. The molecule has 0 unspecified atom stereocenters. The van der Waals surface area contributed by atoms with Crippen LogP contribution in [0.3, 0.4) is 0 Å². The molecule has 30 heavy (non-hydrogen) atoms. The number of carbonyl (C=O) groups is 1.